The number of nitrogens with one attached hydrogen (secondary N) is 1. The van der Waals surface area contributed by atoms with Crippen molar-refractivity contribution in [1.29, 1.82) is 0 Å². The molecule has 2 saturated heterocycles. The fourth-order valence-electron chi connectivity index (χ4n) is 5.64. The molecule has 3 aliphatic heterocycles. The monoisotopic (exact) mass is 356 g/mol. The van der Waals surface area contributed by atoms with Crippen molar-refractivity contribution in [3.05, 3.63) is 29.1 Å². The van der Waals surface area contributed by atoms with Gasteiger partial charge in [-0.15, -0.1) is 0 Å². The van der Waals surface area contributed by atoms with Crippen molar-refractivity contribution in [2.45, 2.75) is 69.6 Å². The molecule has 2 N–H and O–H groups in total. The second-order valence-corrected chi connectivity index (χ2v) is 8.66. The highest BCUT2D eigenvalue weighted by Gasteiger charge is 2.46. The molecule has 0 spiro atoms. The first-order chi connectivity index (χ1) is 12.7. The molecule has 2 unspecified atom stereocenters. The van der Waals surface area contributed by atoms with Crippen LogP contribution >= 0.6 is 0 Å². The number of carbonyl (C=O) groups is 1. The lowest BCUT2D eigenvalue weighted by Gasteiger charge is -2.41. The molecule has 140 valence electrons. The van der Waals surface area contributed by atoms with Gasteiger partial charge in [0.1, 0.15) is 0 Å². The van der Waals surface area contributed by atoms with Gasteiger partial charge >= 0.3 is 0 Å². The van der Waals surface area contributed by atoms with E-state index in [1.807, 2.05) is 6.07 Å². The minimum Gasteiger partial charge on any atom is -0.298 e. The summed E-state index contributed by atoms with van der Waals surface area (Å²) < 4.78 is 0. The molecule has 2 atom stereocenters. The van der Waals surface area contributed by atoms with Gasteiger partial charge in [0.15, 0.2) is 0 Å². The Morgan fingerprint density at radius 3 is 2.62 bits per heavy atom. The summed E-state index contributed by atoms with van der Waals surface area (Å²) in [5, 5.41) is 8.84. The highest BCUT2D eigenvalue weighted by Crippen LogP contribution is 2.45. The van der Waals surface area contributed by atoms with E-state index < -0.39 is 5.91 Å². The summed E-state index contributed by atoms with van der Waals surface area (Å²) in [6.45, 7) is 3.10. The SMILES string of the molecule is O=C(NO)c1cnc2c(c1)CN(CC1CC3CCC(C1)N3C1CC1)CC2. The second kappa shape index (κ2) is 6.59. The number of hydrogen-bond donors (Lipinski definition) is 2. The Bertz CT molecular complexity index is 691. The maximum atomic E-state index is 11.6. The molecule has 4 aliphatic rings. The van der Waals surface area contributed by atoms with Crippen LogP contribution in [0.25, 0.3) is 0 Å². The Hall–Kier alpha value is -1.50. The molecule has 2 bridgehead atoms. The molecule has 26 heavy (non-hydrogen) atoms. The number of hydrogen-bond acceptors (Lipinski definition) is 5. The lowest BCUT2D eigenvalue weighted by Crippen LogP contribution is -2.47. The van der Waals surface area contributed by atoms with Crippen molar-refractivity contribution in [2.24, 2.45) is 5.92 Å². The van der Waals surface area contributed by atoms with Crippen molar-refractivity contribution in [2.75, 3.05) is 13.1 Å². The molecule has 0 aromatic carbocycles. The number of piperidine rings is 1. The van der Waals surface area contributed by atoms with Crippen molar-refractivity contribution in [3.63, 3.8) is 0 Å². The molecule has 5 rings (SSSR count). The summed E-state index contributed by atoms with van der Waals surface area (Å²) in [4.78, 5) is 21.5. The smallest absolute Gasteiger partial charge is 0.276 e. The third kappa shape index (κ3) is 3.04. The molecule has 1 aromatic heterocycles. The third-order valence-corrected chi connectivity index (χ3v) is 6.85. The summed E-state index contributed by atoms with van der Waals surface area (Å²) in [5.41, 5.74) is 4.37. The molecule has 1 amide bonds. The number of carbonyl (C=O) groups excluding carboxylic acids is 1. The van der Waals surface area contributed by atoms with Crippen LogP contribution in [0.3, 0.4) is 0 Å². The van der Waals surface area contributed by atoms with Gasteiger partial charge in [-0.25, -0.2) is 5.48 Å². The lowest BCUT2D eigenvalue weighted by molar-refractivity contribution is 0.0702. The zero-order chi connectivity index (χ0) is 17.7. The van der Waals surface area contributed by atoms with E-state index in [9.17, 15) is 4.79 Å². The Morgan fingerprint density at radius 2 is 1.92 bits per heavy atom. The van der Waals surface area contributed by atoms with Crippen molar-refractivity contribution < 1.29 is 10.0 Å². The first-order valence-corrected chi connectivity index (χ1v) is 10.1. The Balaban J connectivity index is 1.23. The predicted octanol–water partition coefficient (Wildman–Crippen LogP) is 1.96. The maximum absolute atomic E-state index is 11.6. The van der Waals surface area contributed by atoms with Crippen LogP contribution < -0.4 is 5.48 Å². The van der Waals surface area contributed by atoms with E-state index in [0.717, 1.165) is 54.8 Å². The standard InChI is InChI=1S/C20H28N4O2/c25-20(22-26)14-9-15-12-23(6-5-19(15)21-10-14)11-13-7-17-3-4-18(8-13)24(17)16-1-2-16/h9-10,13,16-18,26H,1-8,11-12H2,(H,22,25). The zero-order valence-electron chi connectivity index (χ0n) is 15.2. The number of fused-ring (bicyclic) bond motifs is 3. The molecule has 1 aromatic rings. The number of aromatic nitrogens is 1. The molecule has 6 nitrogen and oxygen atoms in total. The van der Waals surface area contributed by atoms with Crippen LogP contribution in [0.5, 0.6) is 0 Å². The van der Waals surface area contributed by atoms with Gasteiger partial charge in [0.2, 0.25) is 0 Å². The summed E-state index contributed by atoms with van der Waals surface area (Å²) in [5.74, 6) is 0.322. The number of nitrogens with zero attached hydrogens (tertiary/aromatic N) is 3. The van der Waals surface area contributed by atoms with Crippen LogP contribution in [0.2, 0.25) is 0 Å². The summed E-state index contributed by atoms with van der Waals surface area (Å²) >= 11 is 0. The topological polar surface area (TPSA) is 68.7 Å². The van der Waals surface area contributed by atoms with Gasteiger partial charge < -0.3 is 0 Å². The fraction of sp³-hybridized carbons (Fsp3) is 0.700. The highest BCUT2D eigenvalue weighted by molar-refractivity contribution is 5.93. The molecule has 6 heteroatoms. The fourth-order valence-corrected chi connectivity index (χ4v) is 5.64. The summed E-state index contributed by atoms with van der Waals surface area (Å²) in [6, 6.07) is 4.48. The molecule has 4 heterocycles. The molecular formula is C20H28N4O2. The van der Waals surface area contributed by atoms with E-state index in [1.165, 1.54) is 45.1 Å². The first-order valence-electron chi connectivity index (χ1n) is 10.1. The van der Waals surface area contributed by atoms with Crippen LogP contribution in [-0.4, -0.2) is 57.1 Å². The number of hydroxylamine groups is 1. The van der Waals surface area contributed by atoms with Crippen LogP contribution in [0.4, 0.5) is 0 Å². The normalized spacial score (nSPS) is 31.7. The Labute approximate surface area is 154 Å². The number of pyridine rings is 1. The zero-order valence-corrected chi connectivity index (χ0v) is 15.2. The minimum absolute atomic E-state index is 0.434. The average Bonchev–Trinajstić information content (AvgIpc) is 3.46. The molecular weight excluding hydrogens is 328 g/mol. The van der Waals surface area contributed by atoms with E-state index in [0.29, 0.717) is 5.56 Å². The molecule has 1 aliphatic carbocycles. The van der Waals surface area contributed by atoms with Gasteiger partial charge in [0, 0.05) is 56.1 Å². The van der Waals surface area contributed by atoms with Crippen LogP contribution in [-0.2, 0) is 13.0 Å². The van der Waals surface area contributed by atoms with Gasteiger partial charge in [-0.2, -0.15) is 0 Å². The van der Waals surface area contributed by atoms with E-state index in [1.54, 1.807) is 11.7 Å². The Morgan fingerprint density at radius 1 is 1.19 bits per heavy atom. The van der Waals surface area contributed by atoms with Crippen LogP contribution in [0.1, 0.15) is 60.1 Å². The summed E-state index contributed by atoms with van der Waals surface area (Å²) in [6.07, 6.45) is 10.9. The van der Waals surface area contributed by atoms with Crippen LogP contribution in [0, 0.1) is 5.92 Å². The van der Waals surface area contributed by atoms with Gasteiger partial charge in [-0.3, -0.25) is 24.8 Å². The van der Waals surface area contributed by atoms with Gasteiger partial charge in [-0.05, 0) is 56.1 Å². The quantitative estimate of drug-likeness (QED) is 0.638. The molecule has 0 radical (unpaired) electrons. The highest BCUT2D eigenvalue weighted by atomic mass is 16.5. The van der Waals surface area contributed by atoms with Crippen molar-refractivity contribution in [1.82, 2.24) is 20.3 Å². The van der Waals surface area contributed by atoms with Gasteiger partial charge in [-0.1, -0.05) is 0 Å². The number of rotatable bonds is 4. The Kier molecular flexibility index (Phi) is 4.22. The largest absolute Gasteiger partial charge is 0.298 e. The number of amides is 1. The predicted molar refractivity (Wildman–Crippen MR) is 96.9 cm³/mol. The van der Waals surface area contributed by atoms with Crippen molar-refractivity contribution >= 4 is 5.91 Å². The third-order valence-electron chi connectivity index (χ3n) is 6.85. The first kappa shape index (κ1) is 16.7. The second-order valence-electron chi connectivity index (χ2n) is 8.66. The van der Waals surface area contributed by atoms with Crippen LogP contribution in [0.15, 0.2) is 12.3 Å². The maximum Gasteiger partial charge on any atom is 0.276 e. The molecule has 3 fully saturated rings. The van der Waals surface area contributed by atoms with E-state index in [-0.39, 0.29) is 0 Å². The van der Waals surface area contributed by atoms with E-state index in [2.05, 4.69) is 14.8 Å². The van der Waals surface area contributed by atoms with E-state index >= 15 is 0 Å². The van der Waals surface area contributed by atoms with Gasteiger partial charge in [0.25, 0.3) is 5.91 Å². The van der Waals surface area contributed by atoms with E-state index in [4.69, 9.17) is 5.21 Å². The lowest BCUT2D eigenvalue weighted by atomic mass is 9.89. The van der Waals surface area contributed by atoms with Crippen molar-refractivity contribution in [3.8, 4) is 0 Å². The average molecular weight is 356 g/mol. The van der Waals surface area contributed by atoms with Gasteiger partial charge in [0.05, 0.1) is 5.56 Å². The minimum atomic E-state index is -0.485. The summed E-state index contributed by atoms with van der Waals surface area (Å²) in [7, 11) is 0. The molecule has 1 saturated carbocycles.